The number of carbonyl (C=O) groups excluding carboxylic acids is 1. The molecule has 1 aliphatic rings. The van der Waals surface area contributed by atoms with Crippen molar-refractivity contribution in [2.75, 3.05) is 6.54 Å². The van der Waals surface area contributed by atoms with Crippen LogP contribution in [0, 0.1) is 6.92 Å². The summed E-state index contributed by atoms with van der Waals surface area (Å²) in [5.41, 5.74) is 5.15. The van der Waals surface area contributed by atoms with Crippen LogP contribution >= 0.6 is 0 Å². The molecule has 4 rings (SSSR count). The summed E-state index contributed by atoms with van der Waals surface area (Å²) in [5.74, 6) is 0.109. The Morgan fingerprint density at radius 2 is 2.04 bits per heavy atom. The molecule has 1 atom stereocenters. The molecule has 28 heavy (non-hydrogen) atoms. The molecular formula is C24H27N3O. The average Bonchev–Trinajstić information content (AvgIpc) is 3.10. The smallest absolute Gasteiger partial charge is 0.246 e. The maximum atomic E-state index is 12.9. The Balaban J connectivity index is 1.73. The summed E-state index contributed by atoms with van der Waals surface area (Å²) in [6.45, 7) is 5.11. The number of rotatable bonds is 4. The van der Waals surface area contributed by atoms with Crippen molar-refractivity contribution >= 4 is 17.5 Å². The van der Waals surface area contributed by atoms with E-state index in [1.165, 1.54) is 12.0 Å². The summed E-state index contributed by atoms with van der Waals surface area (Å²) in [7, 11) is 0. The first-order valence-electron chi connectivity index (χ1n) is 10.2. The number of aryl methyl sites for hydroxylation is 1. The minimum absolute atomic E-state index is 0.109. The number of hydrogen-bond donors (Lipinski definition) is 0. The molecule has 3 heterocycles. The third kappa shape index (κ3) is 3.59. The number of pyridine rings is 1. The average molecular weight is 374 g/mol. The van der Waals surface area contributed by atoms with Crippen molar-refractivity contribution in [2.45, 2.75) is 45.6 Å². The second-order valence-corrected chi connectivity index (χ2v) is 7.59. The van der Waals surface area contributed by atoms with Gasteiger partial charge in [0, 0.05) is 36.0 Å². The first-order chi connectivity index (χ1) is 13.7. The third-order valence-electron chi connectivity index (χ3n) is 5.65. The van der Waals surface area contributed by atoms with Gasteiger partial charge in [-0.25, -0.2) is 4.52 Å². The van der Waals surface area contributed by atoms with Crippen LogP contribution in [0.25, 0.3) is 22.9 Å². The number of nitrogens with zero attached hydrogens (tertiary/aromatic N) is 3. The van der Waals surface area contributed by atoms with Crippen molar-refractivity contribution in [3.8, 4) is 11.3 Å². The normalized spacial score (nSPS) is 17.5. The SMILES string of the molecule is CCC1CCCCN1C(=O)/C=C/c1c(-c2ccccc2)nn2ccc(C)cc12. The number of piperidine rings is 1. The van der Waals surface area contributed by atoms with E-state index in [2.05, 4.69) is 32.0 Å². The van der Waals surface area contributed by atoms with Crippen molar-refractivity contribution in [1.29, 1.82) is 0 Å². The highest BCUT2D eigenvalue weighted by molar-refractivity contribution is 5.95. The Morgan fingerprint density at radius 3 is 2.82 bits per heavy atom. The van der Waals surface area contributed by atoms with E-state index < -0.39 is 0 Å². The van der Waals surface area contributed by atoms with Crippen LogP contribution in [0.5, 0.6) is 0 Å². The second kappa shape index (κ2) is 8.01. The highest BCUT2D eigenvalue weighted by Crippen LogP contribution is 2.28. The maximum Gasteiger partial charge on any atom is 0.246 e. The van der Waals surface area contributed by atoms with Gasteiger partial charge in [-0.05, 0) is 56.4 Å². The molecule has 1 amide bonds. The second-order valence-electron chi connectivity index (χ2n) is 7.59. The number of benzene rings is 1. The number of fused-ring (bicyclic) bond motifs is 1. The van der Waals surface area contributed by atoms with Crippen LogP contribution < -0.4 is 0 Å². The topological polar surface area (TPSA) is 37.6 Å². The Morgan fingerprint density at radius 1 is 1.21 bits per heavy atom. The van der Waals surface area contributed by atoms with Gasteiger partial charge in [-0.3, -0.25) is 4.79 Å². The molecule has 4 heteroatoms. The van der Waals surface area contributed by atoms with E-state index >= 15 is 0 Å². The van der Waals surface area contributed by atoms with Gasteiger partial charge in [0.15, 0.2) is 0 Å². The van der Waals surface area contributed by atoms with Crippen molar-refractivity contribution in [2.24, 2.45) is 0 Å². The zero-order valence-electron chi connectivity index (χ0n) is 16.6. The number of carbonyl (C=O) groups is 1. The molecular weight excluding hydrogens is 346 g/mol. The van der Waals surface area contributed by atoms with Crippen LogP contribution in [0.15, 0.2) is 54.7 Å². The number of likely N-dealkylation sites (tertiary alicyclic amines) is 1. The lowest BCUT2D eigenvalue weighted by molar-refractivity contribution is -0.129. The van der Waals surface area contributed by atoms with E-state index in [1.807, 2.05) is 46.0 Å². The molecule has 0 saturated carbocycles. The van der Waals surface area contributed by atoms with Crippen LogP contribution in [0.3, 0.4) is 0 Å². The quantitative estimate of drug-likeness (QED) is 0.596. The van der Waals surface area contributed by atoms with Gasteiger partial charge in [0.1, 0.15) is 5.69 Å². The summed E-state index contributed by atoms with van der Waals surface area (Å²) in [6, 6.07) is 14.7. The Bertz CT molecular complexity index is 1000. The Labute approximate surface area is 166 Å². The van der Waals surface area contributed by atoms with Gasteiger partial charge in [0.2, 0.25) is 5.91 Å². The lowest BCUT2D eigenvalue weighted by Gasteiger charge is -2.34. The largest absolute Gasteiger partial charge is 0.336 e. The van der Waals surface area contributed by atoms with Crippen LogP contribution in [0.1, 0.15) is 43.7 Å². The monoisotopic (exact) mass is 373 g/mol. The van der Waals surface area contributed by atoms with Crippen LogP contribution in [-0.4, -0.2) is 33.0 Å². The van der Waals surface area contributed by atoms with E-state index in [-0.39, 0.29) is 5.91 Å². The van der Waals surface area contributed by atoms with Gasteiger partial charge in [-0.1, -0.05) is 37.3 Å². The zero-order chi connectivity index (χ0) is 19.5. The fourth-order valence-corrected chi connectivity index (χ4v) is 4.11. The molecule has 1 fully saturated rings. The molecule has 0 bridgehead atoms. The number of hydrogen-bond acceptors (Lipinski definition) is 2. The van der Waals surface area contributed by atoms with Gasteiger partial charge in [0.05, 0.1) is 5.52 Å². The van der Waals surface area contributed by atoms with Crippen molar-refractivity contribution in [1.82, 2.24) is 14.5 Å². The summed E-state index contributed by atoms with van der Waals surface area (Å²) < 4.78 is 1.90. The standard InChI is InChI=1S/C24H27N3O/c1-3-20-11-7-8-15-26(20)23(28)13-12-21-22-17-18(2)14-16-27(22)25-24(21)19-9-5-4-6-10-19/h4-6,9-10,12-14,16-17,20H,3,7-8,11,15H2,1-2H3/b13-12+. The third-order valence-corrected chi connectivity index (χ3v) is 5.65. The van der Waals surface area contributed by atoms with Gasteiger partial charge in [-0.15, -0.1) is 0 Å². The molecule has 1 saturated heterocycles. The number of amides is 1. The van der Waals surface area contributed by atoms with Crippen molar-refractivity contribution < 1.29 is 4.79 Å². The lowest BCUT2D eigenvalue weighted by atomic mass is 9.99. The molecule has 1 aliphatic heterocycles. The first-order valence-corrected chi connectivity index (χ1v) is 10.2. The highest BCUT2D eigenvalue weighted by atomic mass is 16.2. The van der Waals surface area contributed by atoms with Gasteiger partial charge >= 0.3 is 0 Å². The molecule has 0 spiro atoms. The van der Waals surface area contributed by atoms with Crippen molar-refractivity contribution in [3.63, 3.8) is 0 Å². The number of aromatic nitrogens is 2. The molecule has 3 aromatic rings. The van der Waals surface area contributed by atoms with Crippen LogP contribution in [-0.2, 0) is 4.79 Å². The molecule has 2 aromatic heterocycles. The molecule has 1 unspecified atom stereocenters. The van der Waals surface area contributed by atoms with Gasteiger partial charge < -0.3 is 4.90 Å². The summed E-state index contributed by atoms with van der Waals surface area (Å²) in [4.78, 5) is 15.0. The van der Waals surface area contributed by atoms with Crippen molar-refractivity contribution in [3.05, 3.63) is 65.9 Å². The molecule has 1 aromatic carbocycles. The fraction of sp³-hybridized carbons (Fsp3) is 0.333. The van der Waals surface area contributed by atoms with Crippen LogP contribution in [0.2, 0.25) is 0 Å². The minimum Gasteiger partial charge on any atom is -0.336 e. The fourth-order valence-electron chi connectivity index (χ4n) is 4.11. The molecule has 0 N–H and O–H groups in total. The van der Waals surface area contributed by atoms with Crippen LogP contribution in [0.4, 0.5) is 0 Å². The zero-order valence-corrected chi connectivity index (χ0v) is 16.6. The summed E-state index contributed by atoms with van der Waals surface area (Å²) in [5, 5.41) is 4.79. The molecule has 144 valence electrons. The lowest BCUT2D eigenvalue weighted by Crippen LogP contribution is -2.42. The van der Waals surface area contributed by atoms with Gasteiger partial charge in [-0.2, -0.15) is 5.10 Å². The highest BCUT2D eigenvalue weighted by Gasteiger charge is 2.24. The molecule has 0 aliphatic carbocycles. The summed E-state index contributed by atoms with van der Waals surface area (Å²) >= 11 is 0. The van der Waals surface area contributed by atoms with E-state index in [0.717, 1.165) is 48.1 Å². The predicted octanol–water partition coefficient (Wildman–Crippen LogP) is 5.11. The van der Waals surface area contributed by atoms with E-state index in [9.17, 15) is 4.79 Å². The van der Waals surface area contributed by atoms with E-state index in [1.54, 1.807) is 6.08 Å². The van der Waals surface area contributed by atoms with E-state index in [4.69, 9.17) is 5.10 Å². The van der Waals surface area contributed by atoms with E-state index in [0.29, 0.717) is 6.04 Å². The minimum atomic E-state index is 0.109. The molecule has 0 radical (unpaired) electrons. The van der Waals surface area contributed by atoms with Gasteiger partial charge in [0.25, 0.3) is 0 Å². The maximum absolute atomic E-state index is 12.9. The first kappa shape index (κ1) is 18.5. The summed E-state index contributed by atoms with van der Waals surface area (Å²) in [6.07, 6.45) is 10.1. The Hall–Kier alpha value is -2.88. The Kier molecular flexibility index (Phi) is 5.29. The predicted molar refractivity (Wildman–Crippen MR) is 114 cm³/mol. The molecule has 4 nitrogen and oxygen atoms in total.